The lowest BCUT2D eigenvalue weighted by molar-refractivity contribution is 0.368. The fourth-order valence-corrected chi connectivity index (χ4v) is 2.40. The summed E-state index contributed by atoms with van der Waals surface area (Å²) in [6.07, 6.45) is 0.879. The molecular formula is C12H17F2NS. The average molecular weight is 245 g/mol. The summed E-state index contributed by atoms with van der Waals surface area (Å²) < 4.78 is 26.1. The molecular weight excluding hydrogens is 228 g/mol. The van der Waals surface area contributed by atoms with E-state index in [2.05, 4.69) is 13.8 Å². The zero-order valence-electron chi connectivity index (χ0n) is 9.59. The van der Waals surface area contributed by atoms with Crippen molar-refractivity contribution < 1.29 is 8.78 Å². The number of halogens is 2. The monoisotopic (exact) mass is 245 g/mol. The predicted octanol–water partition coefficient (Wildman–Crippen LogP) is 3.43. The van der Waals surface area contributed by atoms with Gasteiger partial charge in [0, 0.05) is 4.90 Å². The normalized spacial score (nSPS) is 11.8. The first-order valence-electron chi connectivity index (χ1n) is 5.22. The third-order valence-corrected chi connectivity index (χ3v) is 3.51. The number of nitrogens with two attached hydrogens (primary N) is 1. The van der Waals surface area contributed by atoms with Crippen LogP contribution in [-0.4, -0.2) is 12.3 Å². The zero-order valence-corrected chi connectivity index (χ0v) is 10.4. The van der Waals surface area contributed by atoms with E-state index in [0.29, 0.717) is 11.4 Å². The van der Waals surface area contributed by atoms with Crippen molar-refractivity contribution in [2.75, 3.05) is 12.3 Å². The summed E-state index contributed by atoms with van der Waals surface area (Å²) >= 11 is 1.33. The number of thioether (sulfide) groups is 1. The van der Waals surface area contributed by atoms with Crippen LogP contribution < -0.4 is 5.73 Å². The lowest BCUT2D eigenvalue weighted by atomic mass is 9.91. The number of rotatable bonds is 5. The van der Waals surface area contributed by atoms with E-state index in [4.69, 9.17) is 5.73 Å². The molecule has 0 amide bonds. The van der Waals surface area contributed by atoms with Crippen molar-refractivity contribution in [1.82, 2.24) is 0 Å². The molecule has 90 valence electrons. The van der Waals surface area contributed by atoms with E-state index >= 15 is 0 Å². The van der Waals surface area contributed by atoms with Crippen molar-refractivity contribution in [2.24, 2.45) is 11.1 Å². The average Bonchev–Trinajstić information content (AvgIpc) is 2.23. The predicted molar refractivity (Wildman–Crippen MR) is 64.5 cm³/mol. The second kappa shape index (κ2) is 5.64. The molecule has 1 rings (SSSR count). The van der Waals surface area contributed by atoms with E-state index in [1.54, 1.807) is 0 Å². The van der Waals surface area contributed by atoms with Gasteiger partial charge in [0.2, 0.25) is 0 Å². The second-order valence-corrected chi connectivity index (χ2v) is 5.68. The van der Waals surface area contributed by atoms with Gasteiger partial charge in [-0.1, -0.05) is 13.8 Å². The van der Waals surface area contributed by atoms with Crippen LogP contribution in [0.3, 0.4) is 0 Å². The first-order valence-corrected chi connectivity index (χ1v) is 6.21. The second-order valence-electron chi connectivity index (χ2n) is 4.54. The minimum atomic E-state index is -0.401. The maximum absolute atomic E-state index is 13.3. The largest absolute Gasteiger partial charge is 0.330 e. The third kappa shape index (κ3) is 4.10. The van der Waals surface area contributed by atoms with Crippen LogP contribution in [0.1, 0.15) is 20.3 Å². The van der Waals surface area contributed by atoms with Gasteiger partial charge < -0.3 is 5.73 Å². The van der Waals surface area contributed by atoms with Crippen LogP contribution in [0.5, 0.6) is 0 Å². The van der Waals surface area contributed by atoms with Gasteiger partial charge in [0.25, 0.3) is 0 Å². The summed E-state index contributed by atoms with van der Waals surface area (Å²) in [6, 6.07) is 3.52. The maximum Gasteiger partial charge on any atom is 0.136 e. The van der Waals surface area contributed by atoms with Crippen molar-refractivity contribution in [3.63, 3.8) is 0 Å². The van der Waals surface area contributed by atoms with Gasteiger partial charge in [-0.3, -0.25) is 0 Å². The summed E-state index contributed by atoms with van der Waals surface area (Å²) in [5, 5.41) is 0. The molecule has 0 aliphatic carbocycles. The Morgan fingerprint density at radius 1 is 1.31 bits per heavy atom. The van der Waals surface area contributed by atoms with Gasteiger partial charge in [-0.2, -0.15) is 0 Å². The van der Waals surface area contributed by atoms with Crippen molar-refractivity contribution >= 4 is 11.8 Å². The molecule has 1 aromatic carbocycles. The molecule has 0 saturated heterocycles. The highest BCUT2D eigenvalue weighted by atomic mass is 32.2. The molecule has 16 heavy (non-hydrogen) atoms. The summed E-state index contributed by atoms with van der Waals surface area (Å²) in [4.78, 5) is 0.368. The van der Waals surface area contributed by atoms with Gasteiger partial charge in [0.15, 0.2) is 0 Å². The quantitative estimate of drug-likeness (QED) is 0.804. The molecule has 2 N–H and O–H groups in total. The van der Waals surface area contributed by atoms with Crippen LogP contribution in [0.15, 0.2) is 23.1 Å². The summed E-state index contributed by atoms with van der Waals surface area (Å²) in [7, 11) is 0. The van der Waals surface area contributed by atoms with Crippen LogP contribution in [0, 0.1) is 17.0 Å². The molecule has 0 saturated carbocycles. The molecule has 0 atom stereocenters. The number of benzene rings is 1. The Hall–Kier alpha value is -0.610. The summed E-state index contributed by atoms with van der Waals surface area (Å²) in [6.45, 7) is 4.73. The standard InChI is InChI=1S/C12H17F2NS/c1-12(2,8-15)5-6-16-11-7-9(13)3-4-10(11)14/h3-4,7H,5-6,8,15H2,1-2H3. The van der Waals surface area contributed by atoms with E-state index in [0.717, 1.165) is 24.3 Å². The number of hydrogen-bond donors (Lipinski definition) is 1. The fourth-order valence-electron chi connectivity index (χ4n) is 1.13. The minimum absolute atomic E-state index is 0.0524. The first-order chi connectivity index (χ1) is 7.44. The molecule has 0 aliphatic heterocycles. The van der Waals surface area contributed by atoms with Crippen LogP contribution in [0.2, 0.25) is 0 Å². The van der Waals surface area contributed by atoms with Gasteiger partial charge in [0.05, 0.1) is 0 Å². The molecule has 1 aromatic rings. The molecule has 0 aliphatic rings. The highest BCUT2D eigenvalue weighted by Gasteiger charge is 2.15. The Balaban J connectivity index is 2.52. The Bertz CT molecular complexity index is 353. The molecule has 0 bridgehead atoms. The Morgan fingerprint density at radius 3 is 2.62 bits per heavy atom. The SMILES string of the molecule is CC(C)(CN)CCSc1cc(F)ccc1F. The Labute approximate surface area is 99.4 Å². The minimum Gasteiger partial charge on any atom is -0.330 e. The van der Waals surface area contributed by atoms with E-state index in [1.165, 1.54) is 17.8 Å². The molecule has 0 aromatic heterocycles. The lowest BCUT2D eigenvalue weighted by Crippen LogP contribution is -2.24. The van der Waals surface area contributed by atoms with Gasteiger partial charge in [-0.25, -0.2) is 8.78 Å². The lowest BCUT2D eigenvalue weighted by Gasteiger charge is -2.21. The van der Waals surface area contributed by atoms with E-state index in [-0.39, 0.29) is 11.2 Å². The molecule has 0 heterocycles. The Morgan fingerprint density at radius 2 is 2.00 bits per heavy atom. The third-order valence-electron chi connectivity index (χ3n) is 2.48. The van der Waals surface area contributed by atoms with Gasteiger partial charge in [-0.05, 0) is 42.3 Å². The molecule has 0 fully saturated rings. The first kappa shape index (κ1) is 13.5. The molecule has 0 unspecified atom stereocenters. The molecule has 0 radical (unpaired) electrons. The van der Waals surface area contributed by atoms with Crippen molar-refractivity contribution in [2.45, 2.75) is 25.2 Å². The summed E-state index contributed by atoms with van der Waals surface area (Å²) in [5.41, 5.74) is 5.65. The van der Waals surface area contributed by atoms with E-state index in [1.807, 2.05) is 0 Å². The highest BCUT2D eigenvalue weighted by Crippen LogP contribution is 2.27. The van der Waals surface area contributed by atoms with Crippen molar-refractivity contribution in [3.8, 4) is 0 Å². The molecule has 1 nitrogen and oxygen atoms in total. The Kier molecular flexibility index (Phi) is 4.74. The fraction of sp³-hybridized carbons (Fsp3) is 0.500. The van der Waals surface area contributed by atoms with Gasteiger partial charge in [-0.15, -0.1) is 11.8 Å². The van der Waals surface area contributed by atoms with Gasteiger partial charge >= 0.3 is 0 Å². The van der Waals surface area contributed by atoms with Crippen molar-refractivity contribution in [3.05, 3.63) is 29.8 Å². The number of hydrogen-bond acceptors (Lipinski definition) is 2. The van der Waals surface area contributed by atoms with Crippen LogP contribution in [0.25, 0.3) is 0 Å². The van der Waals surface area contributed by atoms with Crippen LogP contribution in [-0.2, 0) is 0 Å². The maximum atomic E-state index is 13.3. The van der Waals surface area contributed by atoms with E-state index in [9.17, 15) is 8.78 Å². The smallest absolute Gasteiger partial charge is 0.136 e. The summed E-state index contributed by atoms with van der Waals surface area (Å²) in [5.74, 6) is -0.0242. The molecule has 4 heteroatoms. The van der Waals surface area contributed by atoms with Gasteiger partial charge in [0.1, 0.15) is 11.6 Å². The van der Waals surface area contributed by atoms with Crippen LogP contribution in [0.4, 0.5) is 8.78 Å². The zero-order chi connectivity index (χ0) is 12.2. The van der Waals surface area contributed by atoms with Crippen molar-refractivity contribution in [1.29, 1.82) is 0 Å². The van der Waals surface area contributed by atoms with E-state index < -0.39 is 5.82 Å². The topological polar surface area (TPSA) is 26.0 Å². The molecule has 0 spiro atoms. The van der Waals surface area contributed by atoms with Crippen LogP contribution >= 0.6 is 11.8 Å². The highest BCUT2D eigenvalue weighted by molar-refractivity contribution is 7.99.